The van der Waals surface area contributed by atoms with Gasteiger partial charge in [0.25, 0.3) is 5.91 Å². The number of amides is 1. The van der Waals surface area contributed by atoms with Crippen LogP contribution in [0.3, 0.4) is 0 Å². The zero-order valence-corrected chi connectivity index (χ0v) is 13.6. The van der Waals surface area contributed by atoms with E-state index >= 15 is 0 Å². The Labute approximate surface area is 140 Å². The van der Waals surface area contributed by atoms with E-state index in [9.17, 15) is 4.79 Å². The van der Waals surface area contributed by atoms with Crippen LogP contribution in [0.2, 0.25) is 0 Å². The van der Waals surface area contributed by atoms with E-state index in [4.69, 9.17) is 14.2 Å². The molecule has 5 heteroatoms. The zero-order chi connectivity index (χ0) is 16.5. The molecule has 4 rings (SSSR count). The van der Waals surface area contributed by atoms with E-state index in [0.29, 0.717) is 49.1 Å². The van der Waals surface area contributed by atoms with Crippen molar-refractivity contribution in [2.24, 2.45) is 0 Å². The van der Waals surface area contributed by atoms with Gasteiger partial charge in [0.05, 0.1) is 7.11 Å². The van der Waals surface area contributed by atoms with Gasteiger partial charge in [-0.15, -0.1) is 0 Å². The Morgan fingerprint density at radius 1 is 1.12 bits per heavy atom. The first-order valence-electron chi connectivity index (χ1n) is 8.10. The molecule has 2 aliphatic heterocycles. The fourth-order valence-corrected chi connectivity index (χ4v) is 3.25. The standard InChI is InChI=1S/C19H19NO4/c1-22-16-10-15(11-17-18(16)24-9-8-23-17)19(21)20-7-6-13-4-2-3-5-14(13)12-20/h2-5,10-11H,6-9,12H2,1H3. The van der Waals surface area contributed by atoms with Crippen LogP contribution in [0.5, 0.6) is 17.2 Å². The zero-order valence-electron chi connectivity index (χ0n) is 13.6. The van der Waals surface area contributed by atoms with Crippen LogP contribution < -0.4 is 14.2 Å². The topological polar surface area (TPSA) is 48.0 Å². The number of hydrogen-bond donors (Lipinski definition) is 0. The van der Waals surface area contributed by atoms with E-state index in [2.05, 4.69) is 12.1 Å². The molecule has 1 amide bonds. The highest BCUT2D eigenvalue weighted by Gasteiger charge is 2.25. The minimum absolute atomic E-state index is 0.0141. The quantitative estimate of drug-likeness (QED) is 0.852. The van der Waals surface area contributed by atoms with Crippen LogP contribution in [0.1, 0.15) is 21.5 Å². The van der Waals surface area contributed by atoms with Gasteiger partial charge < -0.3 is 19.1 Å². The van der Waals surface area contributed by atoms with E-state index in [-0.39, 0.29) is 5.91 Å². The maximum absolute atomic E-state index is 12.9. The molecule has 0 fully saturated rings. The molecule has 0 aromatic heterocycles. The Hall–Kier alpha value is -2.69. The van der Waals surface area contributed by atoms with Crippen molar-refractivity contribution in [2.45, 2.75) is 13.0 Å². The number of hydrogen-bond acceptors (Lipinski definition) is 4. The Balaban J connectivity index is 1.63. The Morgan fingerprint density at radius 3 is 2.75 bits per heavy atom. The van der Waals surface area contributed by atoms with Gasteiger partial charge in [-0.3, -0.25) is 4.79 Å². The number of carbonyl (C=O) groups excluding carboxylic acids is 1. The average molecular weight is 325 g/mol. The molecule has 0 bridgehead atoms. The van der Waals surface area contributed by atoms with Crippen molar-refractivity contribution in [3.8, 4) is 17.2 Å². The molecule has 0 unspecified atom stereocenters. The second-order valence-corrected chi connectivity index (χ2v) is 5.95. The first-order chi connectivity index (χ1) is 11.8. The SMILES string of the molecule is COc1cc(C(=O)N2CCc3ccccc3C2)cc2c1OCCO2. The Kier molecular flexibility index (Phi) is 3.76. The summed E-state index contributed by atoms with van der Waals surface area (Å²) in [5, 5.41) is 0. The maximum atomic E-state index is 12.9. The van der Waals surface area contributed by atoms with Gasteiger partial charge >= 0.3 is 0 Å². The third kappa shape index (κ3) is 2.56. The van der Waals surface area contributed by atoms with Crippen LogP contribution in [-0.4, -0.2) is 37.7 Å². The lowest BCUT2D eigenvalue weighted by atomic mass is 9.99. The number of ether oxygens (including phenoxy) is 3. The van der Waals surface area contributed by atoms with Crippen molar-refractivity contribution in [3.63, 3.8) is 0 Å². The highest BCUT2D eigenvalue weighted by atomic mass is 16.6. The summed E-state index contributed by atoms with van der Waals surface area (Å²) < 4.78 is 16.6. The molecule has 2 heterocycles. The summed E-state index contributed by atoms with van der Waals surface area (Å²) >= 11 is 0. The van der Waals surface area contributed by atoms with Crippen LogP contribution in [0.4, 0.5) is 0 Å². The molecule has 124 valence electrons. The summed E-state index contributed by atoms with van der Waals surface area (Å²) in [7, 11) is 1.57. The Bertz CT molecular complexity index is 770. The van der Waals surface area contributed by atoms with Gasteiger partial charge in [-0.2, -0.15) is 0 Å². The number of fused-ring (bicyclic) bond motifs is 2. The van der Waals surface area contributed by atoms with Crippen molar-refractivity contribution >= 4 is 5.91 Å². The smallest absolute Gasteiger partial charge is 0.254 e. The molecule has 0 aliphatic carbocycles. The third-order valence-corrected chi connectivity index (χ3v) is 4.49. The van der Waals surface area contributed by atoms with Gasteiger partial charge in [0, 0.05) is 18.7 Å². The number of nitrogens with zero attached hydrogens (tertiary/aromatic N) is 1. The average Bonchev–Trinajstić information content (AvgIpc) is 2.66. The fourth-order valence-electron chi connectivity index (χ4n) is 3.25. The van der Waals surface area contributed by atoms with Gasteiger partial charge in [-0.05, 0) is 29.7 Å². The van der Waals surface area contributed by atoms with Gasteiger partial charge in [-0.25, -0.2) is 0 Å². The van der Waals surface area contributed by atoms with Crippen molar-refractivity contribution < 1.29 is 19.0 Å². The van der Waals surface area contributed by atoms with Gasteiger partial charge in [-0.1, -0.05) is 24.3 Å². The van der Waals surface area contributed by atoms with Crippen LogP contribution in [0.25, 0.3) is 0 Å². The molecule has 0 radical (unpaired) electrons. The Morgan fingerprint density at radius 2 is 1.92 bits per heavy atom. The minimum Gasteiger partial charge on any atom is -0.493 e. The molecule has 2 aliphatic rings. The van der Waals surface area contributed by atoms with Crippen LogP contribution in [0, 0.1) is 0 Å². The van der Waals surface area contributed by atoms with E-state index in [1.807, 2.05) is 17.0 Å². The van der Waals surface area contributed by atoms with Gasteiger partial charge in [0.2, 0.25) is 5.75 Å². The predicted molar refractivity (Wildman–Crippen MR) is 88.9 cm³/mol. The lowest BCUT2D eigenvalue weighted by molar-refractivity contribution is 0.0733. The lowest BCUT2D eigenvalue weighted by Crippen LogP contribution is -2.36. The van der Waals surface area contributed by atoms with Crippen LogP contribution in [-0.2, 0) is 13.0 Å². The molecule has 0 saturated carbocycles. The molecule has 0 atom stereocenters. The van der Waals surface area contributed by atoms with Crippen molar-refractivity contribution in [2.75, 3.05) is 26.9 Å². The number of benzene rings is 2. The largest absolute Gasteiger partial charge is 0.493 e. The van der Waals surface area contributed by atoms with Crippen molar-refractivity contribution in [1.82, 2.24) is 4.90 Å². The van der Waals surface area contributed by atoms with Crippen molar-refractivity contribution in [1.29, 1.82) is 0 Å². The van der Waals surface area contributed by atoms with Gasteiger partial charge in [0.1, 0.15) is 13.2 Å². The van der Waals surface area contributed by atoms with Crippen LogP contribution >= 0.6 is 0 Å². The highest BCUT2D eigenvalue weighted by molar-refractivity contribution is 5.95. The second-order valence-electron chi connectivity index (χ2n) is 5.95. The number of methoxy groups -OCH3 is 1. The summed E-state index contributed by atoms with van der Waals surface area (Å²) in [5.74, 6) is 1.67. The molecule has 2 aromatic carbocycles. The number of carbonyl (C=O) groups is 1. The molecule has 0 saturated heterocycles. The summed E-state index contributed by atoms with van der Waals surface area (Å²) in [4.78, 5) is 14.8. The summed E-state index contributed by atoms with van der Waals surface area (Å²) in [6, 6.07) is 11.8. The molecular formula is C19H19NO4. The first kappa shape index (κ1) is 14.9. The number of rotatable bonds is 2. The minimum atomic E-state index is -0.0141. The molecule has 2 aromatic rings. The van der Waals surface area contributed by atoms with Crippen LogP contribution in [0.15, 0.2) is 36.4 Å². The van der Waals surface area contributed by atoms with Crippen molar-refractivity contribution in [3.05, 3.63) is 53.1 Å². The van der Waals surface area contributed by atoms with Gasteiger partial charge in [0.15, 0.2) is 11.5 Å². The normalized spacial score (nSPS) is 15.6. The molecule has 0 N–H and O–H groups in total. The van der Waals surface area contributed by atoms with E-state index < -0.39 is 0 Å². The summed E-state index contributed by atoms with van der Waals surface area (Å²) in [6.07, 6.45) is 0.879. The van der Waals surface area contributed by atoms with E-state index in [1.54, 1.807) is 19.2 Å². The first-order valence-corrected chi connectivity index (χ1v) is 8.10. The molecular weight excluding hydrogens is 306 g/mol. The summed E-state index contributed by atoms with van der Waals surface area (Å²) in [5.41, 5.74) is 3.10. The monoisotopic (exact) mass is 325 g/mol. The third-order valence-electron chi connectivity index (χ3n) is 4.49. The van der Waals surface area contributed by atoms with E-state index in [0.717, 1.165) is 6.42 Å². The highest BCUT2D eigenvalue weighted by Crippen LogP contribution is 2.40. The molecule has 5 nitrogen and oxygen atoms in total. The predicted octanol–water partition coefficient (Wildman–Crippen LogP) is 2.66. The maximum Gasteiger partial charge on any atom is 0.254 e. The molecule has 0 spiro atoms. The van der Waals surface area contributed by atoms with E-state index in [1.165, 1.54) is 11.1 Å². The second kappa shape index (κ2) is 6.07. The molecule has 24 heavy (non-hydrogen) atoms. The fraction of sp³-hybridized carbons (Fsp3) is 0.316. The lowest BCUT2D eigenvalue weighted by Gasteiger charge is -2.29. The summed E-state index contributed by atoms with van der Waals surface area (Å²) in [6.45, 7) is 2.31.